The highest BCUT2D eigenvalue weighted by Gasteiger charge is 2.03. The Balaban J connectivity index is 1.77. The van der Waals surface area contributed by atoms with E-state index in [9.17, 15) is 4.79 Å². The standard InChI is InChI=1S/C13H16N4O2/c14-11-4-1-2-5-12(11)19-7-3-6-17-9-10(8-16-17)13(15)18/h1-2,4-5,8-9H,3,6-7,14H2,(H2,15,18). The Morgan fingerprint density at radius 1 is 1.37 bits per heavy atom. The number of anilines is 1. The van der Waals surface area contributed by atoms with Gasteiger partial charge in [0.15, 0.2) is 0 Å². The fraction of sp³-hybridized carbons (Fsp3) is 0.231. The van der Waals surface area contributed by atoms with Crippen LogP contribution in [0, 0.1) is 0 Å². The van der Waals surface area contributed by atoms with Crippen molar-refractivity contribution in [2.45, 2.75) is 13.0 Å². The Hall–Kier alpha value is -2.50. The van der Waals surface area contributed by atoms with Crippen molar-refractivity contribution in [1.29, 1.82) is 0 Å². The minimum atomic E-state index is -0.473. The lowest BCUT2D eigenvalue weighted by atomic mass is 10.3. The van der Waals surface area contributed by atoms with Gasteiger partial charge in [-0.3, -0.25) is 9.48 Å². The normalized spacial score (nSPS) is 10.3. The van der Waals surface area contributed by atoms with Crippen molar-refractivity contribution in [3.05, 3.63) is 42.2 Å². The second-order valence-corrected chi connectivity index (χ2v) is 4.10. The van der Waals surface area contributed by atoms with Gasteiger partial charge in [0.05, 0.1) is 24.1 Å². The lowest BCUT2D eigenvalue weighted by Crippen LogP contribution is -2.10. The van der Waals surface area contributed by atoms with Crippen LogP contribution < -0.4 is 16.2 Å². The van der Waals surface area contributed by atoms with Crippen LogP contribution in [-0.2, 0) is 6.54 Å². The number of para-hydroxylation sites is 2. The monoisotopic (exact) mass is 260 g/mol. The Labute approximate surface area is 111 Å². The highest BCUT2D eigenvalue weighted by Crippen LogP contribution is 2.19. The number of aromatic nitrogens is 2. The number of rotatable bonds is 6. The number of carbonyl (C=O) groups excluding carboxylic acids is 1. The third-order valence-corrected chi connectivity index (χ3v) is 2.63. The van der Waals surface area contributed by atoms with Gasteiger partial charge in [0.1, 0.15) is 5.75 Å². The Bertz CT molecular complexity index is 565. The molecule has 0 atom stereocenters. The molecule has 1 aromatic heterocycles. The zero-order valence-corrected chi connectivity index (χ0v) is 10.5. The summed E-state index contributed by atoms with van der Waals surface area (Å²) in [7, 11) is 0. The van der Waals surface area contributed by atoms with E-state index in [0.717, 1.165) is 6.42 Å². The fourth-order valence-electron chi connectivity index (χ4n) is 1.63. The number of ether oxygens (including phenoxy) is 1. The summed E-state index contributed by atoms with van der Waals surface area (Å²) in [6.45, 7) is 1.18. The summed E-state index contributed by atoms with van der Waals surface area (Å²) in [6.07, 6.45) is 3.84. The van der Waals surface area contributed by atoms with Gasteiger partial charge in [-0.25, -0.2) is 0 Å². The Morgan fingerprint density at radius 3 is 2.84 bits per heavy atom. The summed E-state index contributed by atoms with van der Waals surface area (Å²) in [4.78, 5) is 10.9. The molecule has 6 heteroatoms. The number of amides is 1. The van der Waals surface area contributed by atoms with E-state index in [1.54, 1.807) is 16.9 Å². The molecule has 0 saturated carbocycles. The molecule has 0 aliphatic heterocycles. The molecule has 0 radical (unpaired) electrons. The van der Waals surface area contributed by atoms with E-state index in [-0.39, 0.29) is 0 Å². The molecule has 2 rings (SSSR count). The maximum atomic E-state index is 10.9. The van der Waals surface area contributed by atoms with Gasteiger partial charge in [-0.2, -0.15) is 5.10 Å². The minimum Gasteiger partial charge on any atom is -0.491 e. The van der Waals surface area contributed by atoms with Gasteiger partial charge in [-0.15, -0.1) is 0 Å². The first kappa shape index (κ1) is 12.9. The van der Waals surface area contributed by atoms with Gasteiger partial charge in [-0.1, -0.05) is 12.1 Å². The van der Waals surface area contributed by atoms with Crippen molar-refractivity contribution in [2.24, 2.45) is 5.73 Å². The van der Waals surface area contributed by atoms with E-state index in [0.29, 0.717) is 30.2 Å². The largest absolute Gasteiger partial charge is 0.491 e. The maximum absolute atomic E-state index is 10.9. The predicted octanol–water partition coefficient (Wildman–Crippen LogP) is 1.03. The summed E-state index contributed by atoms with van der Waals surface area (Å²) < 4.78 is 7.22. The molecule has 6 nitrogen and oxygen atoms in total. The average Bonchev–Trinajstić information content (AvgIpc) is 2.85. The van der Waals surface area contributed by atoms with Crippen molar-refractivity contribution < 1.29 is 9.53 Å². The van der Waals surface area contributed by atoms with Crippen LogP contribution in [0.2, 0.25) is 0 Å². The highest BCUT2D eigenvalue weighted by atomic mass is 16.5. The SMILES string of the molecule is NC(=O)c1cnn(CCCOc2ccccc2N)c1. The van der Waals surface area contributed by atoms with Crippen LogP contribution in [0.5, 0.6) is 5.75 Å². The fourth-order valence-corrected chi connectivity index (χ4v) is 1.63. The number of nitrogen functional groups attached to an aromatic ring is 1. The van der Waals surface area contributed by atoms with Gasteiger partial charge in [-0.05, 0) is 12.1 Å². The number of hydrogen-bond acceptors (Lipinski definition) is 4. The first-order valence-electron chi connectivity index (χ1n) is 5.96. The lowest BCUT2D eigenvalue weighted by Gasteiger charge is -2.08. The molecule has 1 aromatic carbocycles. The second kappa shape index (κ2) is 5.90. The van der Waals surface area contributed by atoms with Crippen LogP contribution in [0.3, 0.4) is 0 Å². The number of nitrogens with two attached hydrogens (primary N) is 2. The van der Waals surface area contributed by atoms with E-state index in [4.69, 9.17) is 16.2 Å². The molecule has 1 heterocycles. The predicted molar refractivity (Wildman–Crippen MR) is 71.7 cm³/mol. The minimum absolute atomic E-state index is 0.410. The van der Waals surface area contributed by atoms with Crippen LogP contribution in [0.1, 0.15) is 16.8 Å². The number of carbonyl (C=O) groups is 1. The molecule has 1 amide bonds. The van der Waals surface area contributed by atoms with E-state index in [2.05, 4.69) is 5.10 Å². The first-order valence-corrected chi connectivity index (χ1v) is 5.96. The molecular weight excluding hydrogens is 244 g/mol. The van der Waals surface area contributed by atoms with Gasteiger partial charge in [0.2, 0.25) is 0 Å². The van der Waals surface area contributed by atoms with Gasteiger partial charge >= 0.3 is 0 Å². The van der Waals surface area contributed by atoms with Gasteiger partial charge < -0.3 is 16.2 Å². The van der Waals surface area contributed by atoms with Crippen LogP contribution in [-0.4, -0.2) is 22.3 Å². The molecule has 0 spiro atoms. The molecule has 0 aliphatic rings. The third-order valence-electron chi connectivity index (χ3n) is 2.63. The molecule has 2 aromatic rings. The van der Waals surface area contributed by atoms with Gasteiger partial charge in [0, 0.05) is 19.2 Å². The second-order valence-electron chi connectivity index (χ2n) is 4.10. The zero-order chi connectivity index (χ0) is 13.7. The number of primary amides is 1. The van der Waals surface area contributed by atoms with Crippen molar-refractivity contribution >= 4 is 11.6 Å². The molecule has 0 unspecified atom stereocenters. The molecule has 19 heavy (non-hydrogen) atoms. The quantitative estimate of drug-likeness (QED) is 0.599. The maximum Gasteiger partial charge on any atom is 0.251 e. The van der Waals surface area contributed by atoms with Crippen LogP contribution >= 0.6 is 0 Å². The third kappa shape index (κ3) is 3.48. The molecule has 0 aliphatic carbocycles. The van der Waals surface area contributed by atoms with Crippen LogP contribution in [0.4, 0.5) is 5.69 Å². The number of nitrogens with zero attached hydrogens (tertiary/aromatic N) is 2. The van der Waals surface area contributed by atoms with Crippen LogP contribution in [0.25, 0.3) is 0 Å². The summed E-state index contributed by atoms with van der Waals surface area (Å²) in [6, 6.07) is 7.35. The van der Waals surface area contributed by atoms with Crippen LogP contribution in [0.15, 0.2) is 36.7 Å². The molecule has 4 N–H and O–H groups in total. The van der Waals surface area contributed by atoms with Crippen molar-refractivity contribution in [2.75, 3.05) is 12.3 Å². The Kier molecular flexibility index (Phi) is 4.02. The molecule has 0 bridgehead atoms. The molecule has 0 fully saturated rings. The zero-order valence-electron chi connectivity index (χ0n) is 10.5. The molecular formula is C13H16N4O2. The van der Waals surface area contributed by atoms with Gasteiger partial charge in [0.25, 0.3) is 5.91 Å². The molecule has 100 valence electrons. The van der Waals surface area contributed by atoms with E-state index >= 15 is 0 Å². The lowest BCUT2D eigenvalue weighted by molar-refractivity contribution is 0.1000. The van der Waals surface area contributed by atoms with Crippen molar-refractivity contribution in [3.8, 4) is 5.75 Å². The summed E-state index contributed by atoms with van der Waals surface area (Å²) in [5.74, 6) is 0.209. The average molecular weight is 260 g/mol. The van der Waals surface area contributed by atoms with E-state index in [1.165, 1.54) is 6.20 Å². The molecule has 0 saturated heterocycles. The van der Waals surface area contributed by atoms with Crippen molar-refractivity contribution in [3.63, 3.8) is 0 Å². The van der Waals surface area contributed by atoms with Crippen molar-refractivity contribution in [1.82, 2.24) is 9.78 Å². The smallest absolute Gasteiger partial charge is 0.251 e. The Morgan fingerprint density at radius 2 is 2.16 bits per heavy atom. The number of aryl methyl sites for hydroxylation is 1. The number of benzene rings is 1. The summed E-state index contributed by atoms with van der Waals surface area (Å²) >= 11 is 0. The first-order chi connectivity index (χ1) is 9.16. The summed E-state index contributed by atoms with van der Waals surface area (Å²) in [5.41, 5.74) is 11.9. The van der Waals surface area contributed by atoms with E-state index in [1.807, 2.05) is 18.2 Å². The summed E-state index contributed by atoms with van der Waals surface area (Å²) in [5, 5.41) is 4.04. The topological polar surface area (TPSA) is 96.2 Å². The number of hydrogen-bond donors (Lipinski definition) is 2. The van der Waals surface area contributed by atoms with E-state index < -0.39 is 5.91 Å². The highest BCUT2D eigenvalue weighted by molar-refractivity contribution is 5.92.